The molecule has 6 aromatic rings. The Morgan fingerprint density at radius 3 is 1.78 bits per heavy atom. The monoisotopic (exact) mass is 1890 g/mol. The molecule has 8 rings (SSSR count). The smallest absolute Gasteiger partial charge is 0.305 e. The van der Waals surface area contributed by atoms with Crippen molar-refractivity contribution in [1.29, 1.82) is 0 Å². The van der Waals surface area contributed by atoms with E-state index in [2.05, 4.69) is 47.5 Å². The van der Waals surface area contributed by atoms with E-state index >= 15 is 37.5 Å². The molecular formula is C91H115F3N16O23S. The van der Waals surface area contributed by atoms with Crippen LogP contribution in [0.25, 0.3) is 10.9 Å². The third-order valence-corrected chi connectivity index (χ3v) is 23.8. The summed E-state index contributed by atoms with van der Waals surface area (Å²) in [4.78, 5) is 248. The van der Waals surface area contributed by atoms with Crippen LogP contribution in [-0.2, 0) is 123 Å². The Morgan fingerprint density at radius 2 is 1.17 bits per heavy atom. The number of primary amides is 1. The standard InChI is InChI=1S/C91H115F3N16O23S/c1-8-9-24-69(89(130)109-32-34-133-91(109)85(126)99-56(47-111)42-76(118)119)106(4)88(129)72(40-52-20-14-11-15-21-52)108(6)86(127)67(38-54-35-60(92)77(94)61(93)36-54)100-74(115)49-134-48-68(79(120)98-45-73(95)114)105-80(121)63(31-33-132-7)101-81(122)65(37-53-25-27-57(112)28-26-53)103-82(123)66(41-55-44-97-62-23-17-16-22-59(55)62)104-84(125)71-43-58(113)46-110(71)87(128)64(29-30-75(116)117)102-83(124)70(39-51-18-12-10-13-19-51)107(5)90(131)78(96)50(2)3/h10-23,25-28,35-36,44,47,50,56,58,63-72,78,91,97,112-113H,8-9,24,29-34,37-43,45-46,48-49,96H2,1-7H3,(H2,95,114)(H,98,120)(H,99,126)(H,100,115)(H,101,122)(H,102,124)(H,103,123)(H,104,125)(H,105,121)(H,116,117)(H,118,119)/t56-,58+,63-,64-,65-,66-,67-,68-,69-,70?,71+,72?,78-,91+/m0/s1. The van der Waals surface area contributed by atoms with Crippen molar-refractivity contribution in [1.82, 2.24) is 72.0 Å². The average Bonchev–Trinajstić information content (AvgIpc) is 1.63. The number of H-pyrrole nitrogens is 1. The largest absolute Gasteiger partial charge is 0.508 e. The molecule has 134 heavy (non-hydrogen) atoms. The summed E-state index contributed by atoms with van der Waals surface area (Å²) in [5.41, 5.74) is 13.7. The lowest BCUT2D eigenvalue weighted by molar-refractivity contribution is -0.156. The Hall–Kier alpha value is -13.4. The summed E-state index contributed by atoms with van der Waals surface area (Å²) < 4.78 is 55.7. The number of hydrogen-bond acceptors (Lipinski definition) is 23. The second-order valence-electron chi connectivity index (χ2n) is 33.0. The highest BCUT2D eigenvalue weighted by molar-refractivity contribution is 8.00. The molecule has 43 heteroatoms. The van der Waals surface area contributed by atoms with Crippen LogP contribution in [0.4, 0.5) is 13.2 Å². The minimum atomic E-state index is -1.89. The van der Waals surface area contributed by atoms with Crippen LogP contribution in [0.3, 0.4) is 0 Å². The Labute approximate surface area is 774 Å². The van der Waals surface area contributed by atoms with Gasteiger partial charge in [-0.25, -0.2) is 13.2 Å². The van der Waals surface area contributed by atoms with E-state index in [4.69, 9.17) is 20.9 Å². The summed E-state index contributed by atoms with van der Waals surface area (Å²) in [5, 5.41) is 61.7. The van der Waals surface area contributed by atoms with Gasteiger partial charge in [-0.15, -0.1) is 11.8 Å². The predicted molar refractivity (Wildman–Crippen MR) is 478 cm³/mol. The number of aliphatic hydroxyl groups excluding tert-OH is 1. The number of ether oxygens (including phenoxy) is 2. The van der Waals surface area contributed by atoms with E-state index in [0.29, 0.717) is 69.9 Å². The number of amides is 14. The van der Waals surface area contributed by atoms with E-state index < -0.39 is 260 Å². The number of β-amino-alcohol motifs (C(OH)–C–C–N with tert-alkyl or cyclic N) is 1. The van der Waals surface area contributed by atoms with Crippen molar-refractivity contribution in [2.75, 3.05) is 72.6 Å². The van der Waals surface area contributed by atoms with Gasteiger partial charge in [0.25, 0.3) is 5.91 Å². The lowest BCUT2D eigenvalue weighted by atomic mass is 9.99. The van der Waals surface area contributed by atoms with Crippen molar-refractivity contribution >= 4 is 124 Å². The number of likely N-dealkylation sites (tertiary alicyclic amines) is 1. The second kappa shape index (κ2) is 51.0. The number of carbonyl (C=O) groups is 17. The van der Waals surface area contributed by atoms with Gasteiger partial charge in [-0.05, 0) is 83.3 Å². The van der Waals surface area contributed by atoms with Gasteiger partial charge in [0.2, 0.25) is 83.0 Å². The molecule has 2 fully saturated rings. The van der Waals surface area contributed by atoms with E-state index in [0.717, 1.165) is 24.5 Å². The van der Waals surface area contributed by atoms with Gasteiger partial charge in [-0.2, -0.15) is 0 Å². The third kappa shape index (κ3) is 30.3. The van der Waals surface area contributed by atoms with Crippen LogP contribution in [0.5, 0.6) is 5.75 Å². The van der Waals surface area contributed by atoms with Gasteiger partial charge >= 0.3 is 11.9 Å². The number of aromatic amines is 1. The molecule has 14 atom stereocenters. The summed E-state index contributed by atoms with van der Waals surface area (Å²) in [5.74, 6) is -23.8. The molecule has 39 nitrogen and oxygen atoms in total. The van der Waals surface area contributed by atoms with Crippen molar-refractivity contribution in [3.8, 4) is 5.75 Å². The Kier molecular flexibility index (Phi) is 40.3. The van der Waals surface area contributed by atoms with Crippen molar-refractivity contribution in [3.63, 3.8) is 0 Å². The molecule has 0 aliphatic carbocycles. The number of phenols is 1. The summed E-state index contributed by atoms with van der Waals surface area (Å²) >= 11 is 0.624. The Morgan fingerprint density at radius 1 is 0.604 bits per heavy atom. The zero-order valence-electron chi connectivity index (χ0n) is 75.0. The van der Waals surface area contributed by atoms with Gasteiger partial charge in [-0.1, -0.05) is 125 Å². The Balaban J connectivity index is 1.05. The number of methoxy groups -OCH3 is 1. The quantitative estimate of drug-likeness (QED) is 0.0175. The lowest BCUT2D eigenvalue weighted by Crippen LogP contribution is -2.61. The number of nitrogens with one attached hydrogen (secondary N) is 9. The first-order chi connectivity index (χ1) is 63.7. The fourth-order valence-electron chi connectivity index (χ4n) is 15.3. The number of para-hydroxylation sites is 1. The fraction of sp³-hybridized carbons (Fsp3) is 0.462. The number of carboxylic acids is 2. The van der Waals surface area contributed by atoms with Gasteiger partial charge in [0.1, 0.15) is 72.5 Å². The van der Waals surface area contributed by atoms with Gasteiger partial charge in [-0.3, -0.25) is 76.7 Å². The van der Waals surface area contributed by atoms with Crippen LogP contribution in [0.15, 0.2) is 128 Å². The molecule has 5 aromatic carbocycles. The van der Waals surface area contributed by atoms with E-state index in [1.165, 1.54) is 52.5 Å². The number of fused-ring (bicyclic) bond motifs is 1. The topological polar surface area (TPSA) is 570 Å². The van der Waals surface area contributed by atoms with Gasteiger partial charge < -0.3 is 118 Å². The maximum absolute atomic E-state index is 15.4. The van der Waals surface area contributed by atoms with Crippen LogP contribution < -0.4 is 54.0 Å². The number of phenolic OH excluding ortho intramolecular Hbond substituents is 1. The SMILES string of the molecule is CCCC[C@@H](C(=O)N1CCO[C@@H]1C(=O)N[C@H](C=O)CC(=O)O)N(C)C(=O)C(Cc1ccccc1)N(C)C(=O)[C@H](Cc1cc(F)c(F)c(F)c1)NC(=O)CSC[C@H](NC(=O)[C@H](CCOC)NC(=O)[C@H](Cc1ccc(O)cc1)NC(=O)[C@H](Cc1c[nH]c2ccccc12)NC(=O)[C@H]1C[C@@H](O)CN1C(=O)[C@H](CCC(=O)O)NC(=O)C(Cc1ccccc1)N(C)C(=O)[C@@H](N)C(C)C)C(=O)NCC(N)=O. The number of aldehydes is 1. The molecule has 0 saturated carbocycles. The molecular weight excluding hydrogens is 1770 g/mol. The number of nitrogens with two attached hydrogens (primary N) is 2. The lowest BCUT2D eigenvalue weighted by Gasteiger charge is -2.37. The molecule has 2 saturated heterocycles. The average molecular weight is 1890 g/mol. The number of halogens is 3. The normalized spacial score (nSPS) is 16.6. The van der Waals surface area contributed by atoms with Crippen LogP contribution in [-0.4, -0.2) is 308 Å². The first kappa shape index (κ1) is 106. The molecule has 724 valence electrons. The number of thioether (sulfide) groups is 1. The van der Waals surface area contributed by atoms with Crippen molar-refractivity contribution in [2.45, 2.75) is 189 Å². The Bertz CT molecular complexity index is 5140. The van der Waals surface area contributed by atoms with E-state index in [1.807, 2.05) is 0 Å². The van der Waals surface area contributed by atoms with Crippen LogP contribution >= 0.6 is 11.8 Å². The van der Waals surface area contributed by atoms with E-state index in [-0.39, 0.29) is 75.4 Å². The highest BCUT2D eigenvalue weighted by Crippen LogP contribution is 2.28. The van der Waals surface area contributed by atoms with E-state index in [9.17, 15) is 77.6 Å². The van der Waals surface area contributed by atoms with Crippen LogP contribution in [0.1, 0.15) is 100.0 Å². The van der Waals surface area contributed by atoms with Crippen molar-refractivity contribution in [2.24, 2.45) is 17.4 Å². The number of nitrogens with zero attached hydrogens (tertiary/aromatic N) is 5. The third-order valence-electron chi connectivity index (χ3n) is 22.8. The summed E-state index contributed by atoms with van der Waals surface area (Å²) in [6.45, 7) is 3.19. The number of aliphatic carboxylic acids is 2. The minimum Gasteiger partial charge on any atom is -0.508 e. The summed E-state index contributed by atoms with van der Waals surface area (Å²) in [6.07, 6.45) is -5.37. The molecule has 2 aliphatic heterocycles. The van der Waals surface area contributed by atoms with Gasteiger partial charge in [0.15, 0.2) is 17.5 Å². The van der Waals surface area contributed by atoms with Gasteiger partial charge in [0, 0.05) is 116 Å². The van der Waals surface area contributed by atoms with Crippen molar-refractivity contribution in [3.05, 3.63) is 173 Å². The van der Waals surface area contributed by atoms with Crippen LogP contribution in [0.2, 0.25) is 0 Å². The molecule has 0 radical (unpaired) electrons. The molecule has 2 unspecified atom stereocenters. The molecule has 3 heterocycles. The maximum Gasteiger partial charge on any atom is 0.305 e. The number of benzene rings is 5. The number of carboxylic acid groups (broad SMARTS) is 2. The van der Waals surface area contributed by atoms with Gasteiger partial charge in [0.05, 0.1) is 43.5 Å². The number of carbonyl (C=O) groups excluding carboxylic acids is 15. The number of hydrogen-bond donors (Lipinski definition) is 15. The van der Waals surface area contributed by atoms with Crippen molar-refractivity contribution < 1.29 is 125 Å². The molecule has 2 aliphatic rings. The second-order valence-corrected chi connectivity index (χ2v) is 34.1. The first-order valence-electron chi connectivity index (χ1n) is 43.4. The highest BCUT2D eigenvalue weighted by Gasteiger charge is 2.47. The van der Waals surface area contributed by atoms with E-state index in [1.54, 1.807) is 112 Å². The number of aromatic hydroxyl groups is 1. The molecule has 1 aromatic heterocycles. The zero-order valence-corrected chi connectivity index (χ0v) is 75.8. The summed E-state index contributed by atoms with van der Waals surface area (Å²) in [7, 11) is 5.05. The number of likely N-dealkylation sites (N-methyl/N-ethyl adjacent to an activating group) is 3. The number of aromatic nitrogens is 1. The number of aliphatic hydroxyl groups is 1. The number of unbranched alkanes of at least 4 members (excludes halogenated alkanes) is 1. The predicted octanol–water partition coefficient (Wildman–Crippen LogP) is -0.0915. The maximum atomic E-state index is 15.4. The summed E-state index contributed by atoms with van der Waals surface area (Å²) in [6, 6.07) is 11.1. The fourth-order valence-corrected chi connectivity index (χ4v) is 16.2. The first-order valence-corrected chi connectivity index (χ1v) is 44.5. The minimum absolute atomic E-state index is 0.0267. The molecule has 14 amide bonds. The number of rotatable bonds is 51. The highest BCUT2D eigenvalue weighted by atomic mass is 32.2. The zero-order chi connectivity index (χ0) is 98.3. The molecule has 0 bridgehead atoms. The van der Waals surface area contributed by atoms with Crippen LogP contribution in [0, 0.1) is 23.4 Å². The molecule has 0 spiro atoms. The molecule has 17 N–H and O–H groups in total.